The monoisotopic (exact) mass is 360 g/mol. The SMILES string of the molecule is O=C(Cn1nc2c3ccccc3nc(C3CC3)n2c1=O)Nc1ccccn1. The number of anilines is 1. The van der Waals surface area contributed by atoms with Crippen molar-refractivity contribution in [2.24, 2.45) is 0 Å². The molecule has 3 heterocycles. The van der Waals surface area contributed by atoms with E-state index in [1.54, 1.807) is 28.8 Å². The molecule has 0 saturated heterocycles. The van der Waals surface area contributed by atoms with Gasteiger partial charge in [-0.2, -0.15) is 0 Å². The molecule has 8 nitrogen and oxygen atoms in total. The van der Waals surface area contributed by atoms with E-state index in [4.69, 9.17) is 0 Å². The Morgan fingerprint density at radius 2 is 1.96 bits per heavy atom. The average molecular weight is 360 g/mol. The van der Waals surface area contributed by atoms with Gasteiger partial charge in [0.1, 0.15) is 18.2 Å². The predicted molar refractivity (Wildman–Crippen MR) is 99.6 cm³/mol. The average Bonchev–Trinajstić information content (AvgIpc) is 3.47. The van der Waals surface area contributed by atoms with Crippen LogP contribution in [0.1, 0.15) is 24.6 Å². The van der Waals surface area contributed by atoms with E-state index < -0.39 is 0 Å². The van der Waals surface area contributed by atoms with E-state index in [0.29, 0.717) is 11.5 Å². The second-order valence-corrected chi connectivity index (χ2v) is 6.62. The molecule has 1 amide bonds. The van der Waals surface area contributed by atoms with Gasteiger partial charge in [0.05, 0.1) is 5.52 Å². The van der Waals surface area contributed by atoms with Gasteiger partial charge in [-0.1, -0.05) is 18.2 Å². The van der Waals surface area contributed by atoms with Crippen LogP contribution in [-0.2, 0) is 11.3 Å². The Kier molecular flexibility index (Phi) is 3.49. The van der Waals surface area contributed by atoms with Crippen LogP contribution in [0.25, 0.3) is 16.6 Å². The Bertz CT molecular complexity index is 1220. The molecule has 3 aromatic heterocycles. The number of hydrogen-bond acceptors (Lipinski definition) is 5. The van der Waals surface area contributed by atoms with Crippen molar-refractivity contribution < 1.29 is 4.79 Å². The van der Waals surface area contributed by atoms with Crippen molar-refractivity contribution in [3.05, 3.63) is 65.0 Å². The number of fused-ring (bicyclic) bond motifs is 3. The van der Waals surface area contributed by atoms with E-state index >= 15 is 0 Å². The fourth-order valence-corrected chi connectivity index (χ4v) is 3.20. The summed E-state index contributed by atoms with van der Waals surface area (Å²) >= 11 is 0. The summed E-state index contributed by atoms with van der Waals surface area (Å²) in [5, 5.41) is 7.91. The zero-order valence-electron chi connectivity index (χ0n) is 14.4. The van der Waals surface area contributed by atoms with Crippen LogP contribution in [0, 0.1) is 0 Å². The zero-order valence-corrected chi connectivity index (χ0v) is 14.4. The molecule has 1 aliphatic carbocycles. The lowest BCUT2D eigenvalue weighted by molar-refractivity contribution is -0.117. The predicted octanol–water partition coefficient (Wildman–Crippen LogP) is 1.96. The van der Waals surface area contributed by atoms with Gasteiger partial charge in [0, 0.05) is 17.5 Å². The van der Waals surface area contributed by atoms with E-state index in [0.717, 1.165) is 29.6 Å². The lowest BCUT2D eigenvalue weighted by Gasteiger charge is -2.04. The maximum Gasteiger partial charge on any atom is 0.352 e. The third kappa shape index (κ3) is 2.75. The van der Waals surface area contributed by atoms with Crippen molar-refractivity contribution in [2.45, 2.75) is 25.3 Å². The first-order chi connectivity index (χ1) is 13.2. The quantitative estimate of drug-likeness (QED) is 0.600. The molecule has 27 heavy (non-hydrogen) atoms. The zero-order chi connectivity index (χ0) is 18.4. The van der Waals surface area contributed by atoms with Crippen molar-refractivity contribution >= 4 is 28.3 Å². The number of rotatable bonds is 4. The highest BCUT2D eigenvalue weighted by molar-refractivity contribution is 5.92. The summed E-state index contributed by atoms with van der Waals surface area (Å²) in [4.78, 5) is 34.0. The van der Waals surface area contributed by atoms with Gasteiger partial charge >= 0.3 is 5.69 Å². The smallest absolute Gasteiger partial charge is 0.309 e. The molecule has 0 spiro atoms. The number of pyridine rings is 1. The molecular formula is C19H16N6O2. The highest BCUT2D eigenvalue weighted by atomic mass is 16.2. The van der Waals surface area contributed by atoms with Crippen LogP contribution in [0.2, 0.25) is 0 Å². The van der Waals surface area contributed by atoms with Crippen molar-refractivity contribution in [3.63, 3.8) is 0 Å². The Hall–Kier alpha value is -3.55. The number of aromatic nitrogens is 5. The minimum Gasteiger partial charge on any atom is -0.309 e. The number of hydrogen-bond donors (Lipinski definition) is 1. The molecular weight excluding hydrogens is 344 g/mol. The van der Waals surface area contributed by atoms with Gasteiger partial charge in [0.2, 0.25) is 5.91 Å². The minimum absolute atomic E-state index is 0.185. The molecule has 1 aromatic carbocycles. The van der Waals surface area contributed by atoms with Crippen LogP contribution in [-0.4, -0.2) is 30.1 Å². The molecule has 1 aliphatic rings. The van der Waals surface area contributed by atoms with E-state index in [1.165, 1.54) is 4.68 Å². The molecule has 0 bridgehead atoms. The first kappa shape index (κ1) is 15.7. The van der Waals surface area contributed by atoms with Gasteiger partial charge in [-0.3, -0.25) is 4.79 Å². The van der Waals surface area contributed by atoms with Gasteiger partial charge in [-0.25, -0.2) is 23.8 Å². The molecule has 4 aromatic rings. The van der Waals surface area contributed by atoms with Crippen molar-refractivity contribution in [2.75, 3.05) is 5.32 Å². The van der Waals surface area contributed by atoms with Gasteiger partial charge < -0.3 is 5.32 Å². The maximum absolute atomic E-state index is 12.9. The van der Waals surface area contributed by atoms with Crippen molar-refractivity contribution in [1.82, 2.24) is 24.1 Å². The van der Waals surface area contributed by atoms with E-state index in [9.17, 15) is 9.59 Å². The molecule has 0 unspecified atom stereocenters. The Labute approximate surface area is 153 Å². The van der Waals surface area contributed by atoms with E-state index in [-0.39, 0.29) is 24.1 Å². The molecule has 5 rings (SSSR count). The molecule has 0 aliphatic heterocycles. The summed E-state index contributed by atoms with van der Waals surface area (Å²) in [6, 6.07) is 12.8. The van der Waals surface area contributed by atoms with Crippen molar-refractivity contribution in [1.29, 1.82) is 0 Å². The third-order valence-corrected chi connectivity index (χ3v) is 4.62. The Morgan fingerprint density at radius 1 is 1.15 bits per heavy atom. The highest BCUT2D eigenvalue weighted by Gasteiger charge is 2.30. The number of para-hydroxylation sites is 1. The van der Waals surface area contributed by atoms with Crippen LogP contribution in [0.3, 0.4) is 0 Å². The lowest BCUT2D eigenvalue weighted by Crippen LogP contribution is -2.29. The standard InChI is InChI=1S/C19H16N6O2/c26-16(22-15-7-3-4-10-20-15)11-24-19(27)25-17(12-8-9-12)21-14-6-2-1-5-13(14)18(25)23-24/h1-7,10,12H,8-9,11H2,(H,20,22,26). The van der Waals surface area contributed by atoms with Gasteiger partial charge in [0.25, 0.3) is 0 Å². The summed E-state index contributed by atoms with van der Waals surface area (Å²) in [6.07, 6.45) is 3.61. The molecule has 1 N–H and O–H groups in total. The normalized spacial score (nSPS) is 13.9. The summed E-state index contributed by atoms with van der Waals surface area (Å²) in [5.41, 5.74) is 1.00. The fourth-order valence-electron chi connectivity index (χ4n) is 3.20. The number of benzene rings is 1. The van der Waals surface area contributed by atoms with Crippen molar-refractivity contribution in [3.8, 4) is 0 Å². The van der Waals surface area contributed by atoms with Gasteiger partial charge in [-0.05, 0) is 37.1 Å². The largest absolute Gasteiger partial charge is 0.352 e. The second-order valence-electron chi connectivity index (χ2n) is 6.62. The van der Waals surface area contributed by atoms with Crippen LogP contribution in [0.5, 0.6) is 0 Å². The summed E-state index contributed by atoms with van der Waals surface area (Å²) in [7, 11) is 0. The van der Waals surface area contributed by atoms with E-state index in [1.807, 2.05) is 24.3 Å². The first-order valence-electron chi connectivity index (χ1n) is 8.80. The lowest BCUT2D eigenvalue weighted by atomic mass is 10.2. The topological polar surface area (TPSA) is 94.2 Å². The van der Waals surface area contributed by atoms with Gasteiger partial charge in [0.15, 0.2) is 5.65 Å². The summed E-state index contributed by atoms with van der Waals surface area (Å²) in [5.74, 6) is 1.08. The molecule has 1 fully saturated rings. The number of nitrogens with zero attached hydrogens (tertiary/aromatic N) is 5. The third-order valence-electron chi connectivity index (χ3n) is 4.62. The number of carbonyl (C=O) groups is 1. The maximum atomic E-state index is 12.9. The van der Waals surface area contributed by atoms with Gasteiger partial charge in [-0.15, -0.1) is 5.10 Å². The van der Waals surface area contributed by atoms with Crippen LogP contribution < -0.4 is 11.0 Å². The fraction of sp³-hybridized carbons (Fsp3) is 0.211. The molecule has 8 heteroatoms. The second kappa shape index (κ2) is 6.01. The molecule has 1 saturated carbocycles. The summed E-state index contributed by atoms with van der Waals surface area (Å²) < 4.78 is 2.74. The number of amides is 1. The van der Waals surface area contributed by atoms with Crippen LogP contribution in [0.15, 0.2) is 53.5 Å². The molecule has 0 radical (unpaired) electrons. The molecule has 134 valence electrons. The Morgan fingerprint density at radius 3 is 2.74 bits per heavy atom. The number of nitrogens with one attached hydrogen (secondary N) is 1. The number of carbonyl (C=O) groups excluding carboxylic acids is 1. The highest BCUT2D eigenvalue weighted by Crippen LogP contribution is 2.39. The molecule has 0 atom stereocenters. The Balaban J connectivity index is 1.58. The van der Waals surface area contributed by atoms with E-state index in [2.05, 4.69) is 20.4 Å². The summed E-state index contributed by atoms with van der Waals surface area (Å²) in [6.45, 7) is -0.185. The minimum atomic E-state index is -0.357. The van der Waals surface area contributed by atoms with Crippen LogP contribution in [0.4, 0.5) is 5.82 Å². The van der Waals surface area contributed by atoms with Crippen LogP contribution >= 0.6 is 0 Å². The first-order valence-corrected chi connectivity index (χ1v) is 8.80.